The van der Waals surface area contributed by atoms with Crippen molar-refractivity contribution in [2.45, 2.75) is 25.4 Å². The standard InChI is InChI=1S/C13H12N2O4/c16-8-1-2-9-7(5-8)6-15(13(9)19)10-3-4-11(17)14-12(10)18/h1-2,5,10,16H,3-4,6H2,(H,14,17,18)/t10-/m1/s1. The summed E-state index contributed by atoms with van der Waals surface area (Å²) in [4.78, 5) is 36.6. The lowest BCUT2D eigenvalue weighted by molar-refractivity contribution is -0.136. The van der Waals surface area contributed by atoms with E-state index in [0.29, 0.717) is 17.5 Å². The van der Waals surface area contributed by atoms with Crippen molar-refractivity contribution < 1.29 is 19.5 Å². The molecule has 0 aliphatic carbocycles. The predicted octanol–water partition coefficient (Wildman–Crippen LogP) is 0.153. The van der Waals surface area contributed by atoms with Gasteiger partial charge in [-0.05, 0) is 30.2 Å². The molecule has 3 rings (SSSR count). The second kappa shape index (κ2) is 4.08. The van der Waals surface area contributed by atoms with Gasteiger partial charge in [-0.25, -0.2) is 0 Å². The summed E-state index contributed by atoms with van der Waals surface area (Å²) in [7, 11) is 0. The maximum absolute atomic E-state index is 12.2. The van der Waals surface area contributed by atoms with Gasteiger partial charge in [0.05, 0.1) is 0 Å². The number of carbonyl (C=O) groups is 3. The highest BCUT2D eigenvalue weighted by Gasteiger charge is 2.38. The fourth-order valence-electron chi connectivity index (χ4n) is 2.56. The molecular weight excluding hydrogens is 248 g/mol. The van der Waals surface area contributed by atoms with Gasteiger partial charge in [-0.1, -0.05) is 0 Å². The zero-order valence-electron chi connectivity index (χ0n) is 10.0. The van der Waals surface area contributed by atoms with Gasteiger partial charge in [0.15, 0.2) is 0 Å². The molecule has 0 aromatic heterocycles. The first-order valence-corrected chi connectivity index (χ1v) is 6.03. The van der Waals surface area contributed by atoms with Crippen LogP contribution in [0.3, 0.4) is 0 Å². The first kappa shape index (κ1) is 11.7. The van der Waals surface area contributed by atoms with E-state index in [2.05, 4.69) is 5.32 Å². The molecule has 0 unspecified atom stereocenters. The molecule has 6 heteroatoms. The van der Waals surface area contributed by atoms with E-state index < -0.39 is 11.9 Å². The average Bonchev–Trinajstić information content (AvgIpc) is 2.66. The summed E-state index contributed by atoms with van der Waals surface area (Å²) in [5.41, 5.74) is 1.21. The van der Waals surface area contributed by atoms with Crippen molar-refractivity contribution in [2.24, 2.45) is 0 Å². The van der Waals surface area contributed by atoms with Gasteiger partial charge in [-0.3, -0.25) is 19.7 Å². The largest absolute Gasteiger partial charge is 0.508 e. The van der Waals surface area contributed by atoms with E-state index in [1.807, 2.05) is 0 Å². The van der Waals surface area contributed by atoms with Gasteiger partial charge >= 0.3 is 0 Å². The Balaban J connectivity index is 1.87. The molecule has 2 aliphatic heterocycles. The zero-order valence-corrected chi connectivity index (χ0v) is 10.0. The molecule has 6 nitrogen and oxygen atoms in total. The number of hydrogen-bond donors (Lipinski definition) is 2. The average molecular weight is 260 g/mol. The lowest BCUT2D eigenvalue weighted by atomic mass is 10.0. The Morgan fingerprint density at radius 1 is 1.26 bits per heavy atom. The quantitative estimate of drug-likeness (QED) is 0.704. The number of piperidine rings is 1. The first-order chi connectivity index (χ1) is 9.06. The third-order valence-electron chi connectivity index (χ3n) is 3.51. The molecule has 1 aromatic rings. The van der Waals surface area contributed by atoms with Gasteiger partial charge in [0.25, 0.3) is 5.91 Å². The Labute approximate surface area is 109 Å². The lowest BCUT2D eigenvalue weighted by Gasteiger charge is -2.29. The SMILES string of the molecule is O=C1CC[C@@H](N2Cc3cc(O)ccc3C2=O)C(=O)N1. The summed E-state index contributed by atoms with van der Waals surface area (Å²) >= 11 is 0. The van der Waals surface area contributed by atoms with Crippen LogP contribution < -0.4 is 5.32 Å². The third-order valence-corrected chi connectivity index (χ3v) is 3.51. The van der Waals surface area contributed by atoms with Crippen LogP contribution in [0.1, 0.15) is 28.8 Å². The van der Waals surface area contributed by atoms with Crippen LogP contribution >= 0.6 is 0 Å². The number of aromatic hydroxyl groups is 1. The Kier molecular flexibility index (Phi) is 2.51. The maximum Gasteiger partial charge on any atom is 0.255 e. The molecule has 1 atom stereocenters. The first-order valence-electron chi connectivity index (χ1n) is 6.03. The van der Waals surface area contributed by atoms with E-state index >= 15 is 0 Å². The van der Waals surface area contributed by atoms with Gasteiger partial charge in [-0.2, -0.15) is 0 Å². The summed E-state index contributed by atoms with van der Waals surface area (Å²) in [5, 5.41) is 11.7. The molecule has 1 fully saturated rings. The minimum Gasteiger partial charge on any atom is -0.508 e. The van der Waals surface area contributed by atoms with E-state index in [-0.39, 0.29) is 30.5 Å². The summed E-state index contributed by atoms with van der Waals surface area (Å²) in [5.74, 6) is -0.870. The molecule has 0 spiro atoms. The second-order valence-electron chi connectivity index (χ2n) is 4.74. The van der Waals surface area contributed by atoms with Crippen LogP contribution in [0, 0.1) is 0 Å². The smallest absolute Gasteiger partial charge is 0.255 e. The fraction of sp³-hybridized carbons (Fsp3) is 0.308. The number of benzene rings is 1. The topological polar surface area (TPSA) is 86.7 Å². The monoisotopic (exact) mass is 260 g/mol. The molecule has 2 heterocycles. The molecule has 1 saturated heterocycles. The summed E-state index contributed by atoms with van der Waals surface area (Å²) in [6.07, 6.45) is 0.582. The zero-order chi connectivity index (χ0) is 13.6. The normalized spacial score (nSPS) is 22.4. The molecule has 0 saturated carbocycles. The van der Waals surface area contributed by atoms with Crippen LogP contribution in [0.15, 0.2) is 18.2 Å². The minimum atomic E-state index is -0.611. The summed E-state index contributed by atoms with van der Waals surface area (Å²) in [6, 6.07) is 3.92. The van der Waals surface area contributed by atoms with Gasteiger partial charge in [-0.15, -0.1) is 0 Å². The van der Waals surface area contributed by atoms with Crippen LogP contribution in [0.25, 0.3) is 0 Å². The van der Waals surface area contributed by atoms with Gasteiger partial charge < -0.3 is 10.0 Å². The number of amides is 3. The molecule has 1 aromatic carbocycles. The molecular formula is C13H12N2O4. The van der Waals surface area contributed by atoms with Crippen molar-refractivity contribution in [3.05, 3.63) is 29.3 Å². The predicted molar refractivity (Wildman–Crippen MR) is 64.2 cm³/mol. The fourth-order valence-corrected chi connectivity index (χ4v) is 2.56. The Hall–Kier alpha value is -2.37. The number of hydrogen-bond acceptors (Lipinski definition) is 4. The van der Waals surface area contributed by atoms with Crippen LogP contribution in [0.5, 0.6) is 5.75 Å². The van der Waals surface area contributed by atoms with Gasteiger partial charge in [0.2, 0.25) is 11.8 Å². The van der Waals surface area contributed by atoms with Gasteiger partial charge in [0.1, 0.15) is 11.8 Å². The molecule has 3 amide bonds. The number of imide groups is 1. The highest BCUT2D eigenvalue weighted by molar-refractivity contribution is 6.05. The number of carbonyl (C=O) groups excluding carboxylic acids is 3. The summed E-state index contributed by atoms with van der Waals surface area (Å²) in [6.45, 7) is 0.287. The highest BCUT2D eigenvalue weighted by Crippen LogP contribution is 2.29. The van der Waals surface area contributed by atoms with Crippen molar-refractivity contribution in [1.29, 1.82) is 0 Å². The van der Waals surface area contributed by atoms with E-state index in [0.717, 1.165) is 0 Å². The van der Waals surface area contributed by atoms with Crippen molar-refractivity contribution in [2.75, 3.05) is 0 Å². The van der Waals surface area contributed by atoms with E-state index in [9.17, 15) is 19.5 Å². The molecule has 98 valence electrons. The molecule has 0 bridgehead atoms. The van der Waals surface area contributed by atoms with Gasteiger partial charge in [0, 0.05) is 18.5 Å². The van der Waals surface area contributed by atoms with E-state index in [1.165, 1.54) is 17.0 Å². The minimum absolute atomic E-state index is 0.0941. The Morgan fingerprint density at radius 2 is 2.05 bits per heavy atom. The molecule has 0 radical (unpaired) electrons. The Bertz CT molecular complexity index is 596. The van der Waals surface area contributed by atoms with Crippen LogP contribution in [0.2, 0.25) is 0 Å². The molecule has 19 heavy (non-hydrogen) atoms. The lowest BCUT2D eigenvalue weighted by Crippen LogP contribution is -2.52. The number of rotatable bonds is 1. The number of nitrogens with one attached hydrogen (secondary N) is 1. The van der Waals surface area contributed by atoms with Crippen molar-refractivity contribution in [1.82, 2.24) is 10.2 Å². The number of phenolic OH excluding ortho intramolecular Hbond substituents is 1. The van der Waals surface area contributed by atoms with E-state index in [4.69, 9.17) is 0 Å². The van der Waals surface area contributed by atoms with Crippen LogP contribution in [-0.2, 0) is 16.1 Å². The number of fused-ring (bicyclic) bond motifs is 1. The Morgan fingerprint density at radius 3 is 2.79 bits per heavy atom. The third kappa shape index (κ3) is 1.85. The number of nitrogens with zero attached hydrogens (tertiary/aromatic N) is 1. The van der Waals surface area contributed by atoms with Crippen LogP contribution in [-0.4, -0.2) is 33.8 Å². The maximum atomic E-state index is 12.2. The van der Waals surface area contributed by atoms with Crippen molar-refractivity contribution >= 4 is 17.7 Å². The highest BCUT2D eigenvalue weighted by atomic mass is 16.3. The van der Waals surface area contributed by atoms with E-state index in [1.54, 1.807) is 6.07 Å². The van der Waals surface area contributed by atoms with Crippen LogP contribution in [0.4, 0.5) is 0 Å². The molecule has 2 aliphatic rings. The van der Waals surface area contributed by atoms with Crippen molar-refractivity contribution in [3.63, 3.8) is 0 Å². The molecule has 2 N–H and O–H groups in total. The second-order valence-corrected chi connectivity index (χ2v) is 4.74. The van der Waals surface area contributed by atoms with Crippen molar-refractivity contribution in [3.8, 4) is 5.75 Å². The number of phenols is 1. The summed E-state index contributed by atoms with van der Waals surface area (Å²) < 4.78 is 0.